The van der Waals surface area contributed by atoms with Crippen LogP contribution < -0.4 is 15.4 Å². The Labute approximate surface area is 157 Å². The molecule has 0 fully saturated rings. The predicted octanol–water partition coefficient (Wildman–Crippen LogP) is 2.39. The number of hydrogen-bond donors (Lipinski definition) is 3. The molecule has 2 rings (SSSR count). The van der Waals surface area contributed by atoms with Crippen LogP contribution in [0, 0.1) is 19.7 Å². The van der Waals surface area contributed by atoms with Crippen molar-refractivity contribution >= 4 is 17.3 Å². The normalized spacial score (nSPS) is 12.7. The third-order valence-electron chi connectivity index (χ3n) is 3.49. The second kappa shape index (κ2) is 10.1. The number of rotatable bonds is 8. The first-order valence-corrected chi connectivity index (χ1v) is 9.31. The number of hydrogen-bond acceptors (Lipinski definition) is 5. The standard InChI is InChI=1S/C18H25FN4O2S/c1-4-20-18(22-10-17-12(2)23-13(3)26-17)21-9-15(24)11-25-16-7-5-14(19)6-8-16/h5-8,15,24H,4,9-11H2,1-3H3,(H2,20,21,22). The number of aromatic nitrogens is 1. The van der Waals surface area contributed by atoms with Crippen molar-refractivity contribution in [3.05, 3.63) is 45.7 Å². The van der Waals surface area contributed by atoms with E-state index in [1.54, 1.807) is 11.3 Å². The lowest BCUT2D eigenvalue weighted by Gasteiger charge is -2.16. The molecule has 0 aliphatic carbocycles. The topological polar surface area (TPSA) is 78.8 Å². The van der Waals surface area contributed by atoms with Crippen LogP contribution in [0.3, 0.4) is 0 Å². The Balaban J connectivity index is 1.81. The van der Waals surface area contributed by atoms with E-state index < -0.39 is 6.10 Å². The number of aryl methyl sites for hydroxylation is 2. The van der Waals surface area contributed by atoms with Gasteiger partial charge in [0.05, 0.1) is 17.2 Å². The highest BCUT2D eigenvalue weighted by atomic mass is 32.1. The molecule has 26 heavy (non-hydrogen) atoms. The number of nitrogens with zero attached hydrogens (tertiary/aromatic N) is 2. The summed E-state index contributed by atoms with van der Waals surface area (Å²) in [6.07, 6.45) is -0.726. The van der Waals surface area contributed by atoms with Crippen LogP contribution in [0.5, 0.6) is 5.75 Å². The van der Waals surface area contributed by atoms with Gasteiger partial charge in [0, 0.05) is 18.0 Å². The number of nitrogens with one attached hydrogen (secondary N) is 2. The van der Waals surface area contributed by atoms with Crippen LogP contribution in [-0.2, 0) is 6.54 Å². The Kier molecular flexibility index (Phi) is 7.80. The van der Waals surface area contributed by atoms with Gasteiger partial charge in [0.25, 0.3) is 0 Å². The van der Waals surface area contributed by atoms with Gasteiger partial charge in [0.15, 0.2) is 5.96 Å². The van der Waals surface area contributed by atoms with E-state index in [4.69, 9.17) is 4.74 Å². The first-order valence-electron chi connectivity index (χ1n) is 8.49. The largest absolute Gasteiger partial charge is 0.491 e. The molecule has 0 saturated heterocycles. The van der Waals surface area contributed by atoms with Crippen LogP contribution in [0.1, 0.15) is 22.5 Å². The highest BCUT2D eigenvalue weighted by Crippen LogP contribution is 2.17. The molecule has 0 spiro atoms. The van der Waals surface area contributed by atoms with Gasteiger partial charge in [-0.25, -0.2) is 14.4 Å². The first-order chi connectivity index (χ1) is 12.5. The van der Waals surface area contributed by atoms with Crippen LogP contribution in [-0.4, -0.2) is 41.9 Å². The lowest BCUT2D eigenvalue weighted by atomic mass is 10.3. The second-order valence-electron chi connectivity index (χ2n) is 5.74. The van der Waals surface area contributed by atoms with E-state index in [-0.39, 0.29) is 19.0 Å². The number of ether oxygens (including phenoxy) is 1. The summed E-state index contributed by atoms with van der Waals surface area (Å²) >= 11 is 1.64. The average Bonchev–Trinajstić information content (AvgIpc) is 2.94. The molecule has 0 amide bonds. The highest BCUT2D eigenvalue weighted by Gasteiger charge is 2.08. The third kappa shape index (κ3) is 6.61. The number of benzene rings is 1. The Morgan fingerprint density at radius 2 is 2.04 bits per heavy atom. The van der Waals surface area contributed by atoms with Crippen molar-refractivity contribution in [1.29, 1.82) is 0 Å². The molecule has 1 aromatic carbocycles. The molecule has 1 heterocycles. The van der Waals surface area contributed by atoms with Crippen LogP contribution in [0.15, 0.2) is 29.3 Å². The lowest BCUT2D eigenvalue weighted by molar-refractivity contribution is 0.110. The maximum absolute atomic E-state index is 12.9. The van der Waals surface area contributed by atoms with Crippen LogP contribution >= 0.6 is 11.3 Å². The fraction of sp³-hybridized carbons (Fsp3) is 0.444. The summed E-state index contributed by atoms with van der Waals surface area (Å²) in [5, 5.41) is 17.3. The van der Waals surface area contributed by atoms with Gasteiger partial charge in [-0.05, 0) is 45.0 Å². The number of halogens is 1. The summed E-state index contributed by atoms with van der Waals surface area (Å²) in [5.41, 5.74) is 1.000. The minimum atomic E-state index is -0.726. The predicted molar refractivity (Wildman–Crippen MR) is 102 cm³/mol. The molecule has 3 N–H and O–H groups in total. The van der Waals surface area contributed by atoms with Gasteiger partial charge >= 0.3 is 0 Å². The Morgan fingerprint density at radius 1 is 1.31 bits per heavy atom. The molecule has 0 radical (unpaired) electrons. The highest BCUT2D eigenvalue weighted by molar-refractivity contribution is 7.11. The van der Waals surface area contributed by atoms with Crippen molar-refractivity contribution < 1.29 is 14.2 Å². The van der Waals surface area contributed by atoms with Crippen molar-refractivity contribution in [2.45, 2.75) is 33.4 Å². The Hall–Kier alpha value is -2.19. The summed E-state index contributed by atoms with van der Waals surface area (Å²) in [4.78, 5) is 10.1. The van der Waals surface area contributed by atoms with E-state index in [1.165, 1.54) is 24.3 Å². The van der Waals surface area contributed by atoms with Crippen molar-refractivity contribution in [2.24, 2.45) is 4.99 Å². The molecule has 2 aromatic rings. The summed E-state index contributed by atoms with van der Waals surface area (Å²) < 4.78 is 18.3. The first kappa shape index (κ1) is 20.1. The third-order valence-corrected chi connectivity index (χ3v) is 4.54. The summed E-state index contributed by atoms with van der Waals surface area (Å²) in [6, 6.07) is 5.69. The summed E-state index contributed by atoms with van der Waals surface area (Å²) in [5.74, 6) is 0.818. The molecule has 1 atom stereocenters. The van der Waals surface area contributed by atoms with E-state index in [2.05, 4.69) is 20.6 Å². The molecule has 0 bridgehead atoms. The molecular formula is C18H25FN4O2S. The van der Waals surface area contributed by atoms with Gasteiger partial charge in [0.2, 0.25) is 0 Å². The second-order valence-corrected chi connectivity index (χ2v) is 7.02. The summed E-state index contributed by atoms with van der Waals surface area (Å²) in [7, 11) is 0. The lowest BCUT2D eigenvalue weighted by Crippen LogP contribution is -2.42. The molecule has 0 aliphatic rings. The fourth-order valence-corrected chi connectivity index (χ4v) is 3.07. The van der Waals surface area contributed by atoms with Gasteiger partial charge in [-0.1, -0.05) is 0 Å². The molecule has 0 saturated carbocycles. The van der Waals surface area contributed by atoms with Crippen LogP contribution in [0.25, 0.3) is 0 Å². The molecule has 1 aromatic heterocycles. The van der Waals surface area contributed by atoms with Crippen molar-refractivity contribution in [3.63, 3.8) is 0 Å². The fourth-order valence-electron chi connectivity index (χ4n) is 2.21. The van der Waals surface area contributed by atoms with Gasteiger partial charge in [0.1, 0.15) is 24.3 Å². The van der Waals surface area contributed by atoms with Crippen molar-refractivity contribution in [2.75, 3.05) is 19.7 Å². The van der Waals surface area contributed by atoms with Crippen molar-refractivity contribution in [3.8, 4) is 5.75 Å². The number of guanidine groups is 1. The maximum atomic E-state index is 12.9. The van der Waals surface area contributed by atoms with E-state index in [0.717, 1.165) is 15.6 Å². The van der Waals surface area contributed by atoms with E-state index >= 15 is 0 Å². The van der Waals surface area contributed by atoms with Crippen molar-refractivity contribution in [1.82, 2.24) is 15.6 Å². The zero-order valence-electron chi connectivity index (χ0n) is 15.3. The Morgan fingerprint density at radius 3 is 2.65 bits per heavy atom. The molecule has 8 heteroatoms. The number of aliphatic hydroxyl groups excluding tert-OH is 1. The maximum Gasteiger partial charge on any atom is 0.191 e. The van der Waals surface area contributed by atoms with Gasteiger partial charge in [-0.15, -0.1) is 11.3 Å². The molecule has 0 aliphatic heterocycles. The number of aliphatic hydroxyl groups is 1. The Bertz CT molecular complexity index is 718. The van der Waals surface area contributed by atoms with Gasteiger partial charge < -0.3 is 20.5 Å². The molecule has 142 valence electrons. The quantitative estimate of drug-likeness (QED) is 0.484. The van der Waals surface area contributed by atoms with E-state index in [9.17, 15) is 9.50 Å². The summed E-state index contributed by atoms with van der Waals surface area (Å²) in [6.45, 7) is 7.58. The molecule has 6 nitrogen and oxygen atoms in total. The van der Waals surface area contributed by atoms with Gasteiger partial charge in [-0.2, -0.15) is 0 Å². The average molecular weight is 380 g/mol. The smallest absolute Gasteiger partial charge is 0.191 e. The zero-order chi connectivity index (χ0) is 18.9. The minimum Gasteiger partial charge on any atom is -0.491 e. The monoisotopic (exact) mass is 380 g/mol. The van der Waals surface area contributed by atoms with Gasteiger partial charge in [-0.3, -0.25) is 0 Å². The molecule has 1 unspecified atom stereocenters. The number of thiazole rings is 1. The van der Waals surface area contributed by atoms with E-state index in [1.807, 2.05) is 20.8 Å². The van der Waals surface area contributed by atoms with E-state index in [0.29, 0.717) is 24.8 Å². The SMILES string of the molecule is CCNC(=NCc1sc(C)nc1C)NCC(O)COc1ccc(F)cc1. The number of aliphatic imine (C=N–C) groups is 1. The molecular weight excluding hydrogens is 355 g/mol. The minimum absolute atomic E-state index is 0.102. The van der Waals surface area contributed by atoms with Crippen LogP contribution in [0.4, 0.5) is 4.39 Å². The zero-order valence-corrected chi connectivity index (χ0v) is 16.1. The van der Waals surface area contributed by atoms with Crippen LogP contribution in [0.2, 0.25) is 0 Å².